The van der Waals surface area contributed by atoms with Crippen LogP contribution in [0.2, 0.25) is 5.02 Å². The second kappa shape index (κ2) is 3.40. The third kappa shape index (κ3) is 1.43. The van der Waals surface area contributed by atoms with E-state index in [0.29, 0.717) is 18.0 Å². The highest BCUT2D eigenvalue weighted by molar-refractivity contribution is 6.36. The average molecular weight is 196 g/mol. The lowest BCUT2D eigenvalue weighted by Crippen LogP contribution is -2.01. The number of fused-ring (bicyclic) bond motifs is 1. The number of hydrogen-bond donors (Lipinski definition) is 1. The fraction of sp³-hybridized carbons (Fsp3) is 0.200. The van der Waals surface area contributed by atoms with Crippen LogP contribution < -0.4 is 5.73 Å². The highest BCUT2D eigenvalue weighted by Crippen LogP contribution is 2.30. The van der Waals surface area contributed by atoms with Gasteiger partial charge in [0.25, 0.3) is 0 Å². The van der Waals surface area contributed by atoms with Gasteiger partial charge in [-0.05, 0) is 18.7 Å². The zero-order valence-corrected chi connectivity index (χ0v) is 7.84. The van der Waals surface area contributed by atoms with Gasteiger partial charge in [0.1, 0.15) is 11.3 Å². The largest absolute Gasteiger partial charge is 0.459 e. The molecule has 2 N–H and O–H groups in total. The first kappa shape index (κ1) is 8.60. The third-order valence-electron chi connectivity index (χ3n) is 1.97. The number of nitrogens with two attached hydrogens (primary N) is 1. The normalized spacial score (nSPS) is 10.9. The van der Waals surface area contributed by atoms with Crippen molar-refractivity contribution in [2.75, 3.05) is 6.54 Å². The lowest BCUT2D eigenvalue weighted by Gasteiger charge is -1.90. The molecule has 0 aliphatic carbocycles. The van der Waals surface area contributed by atoms with E-state index in [1.165, 1.54) is 0 Å². The van der Waals surface area contributed by atoms with Gasteiger partial charge in [0, 0.05) is 11.8 Å². The van der Waals surface area contributed by atoms with Gasteiger partial charge in [-0.25, -0.2) is 0 Å². The van der Waals surface area contributed by atoms with E-state index in [-0.39, 0.29) is 0 Å². The Hall–Kier alpha value is -0.990. The topological polar surface area (TPSA) is 39.2 Å². The summed E-state index contributed by atoms with van der Waals surface area (Å²) in [6, 6.07) is 7.72. The van der Waals surface area contributed by atoms with Gasteiger partial charge in [-0.3, -0.25) is 0 Å². The van der Waals surface area contributed by atoms with Crippen LogP contribution in [0.1, 0.15) is 5.76 Å². The van der Waals surface area contributed by atoms with Crippen LogP contribution >= 0.6 is 11.6 Å². The molecule has 0 atom stereocenters. The van der Waals surface area contributed by atoms with Crippen molar-refractivity contribution in [1.29, 1.82) is 0 Å². The van der Waals surface area contributed by atoms with Crippen LogP contribution in [0, 0.1) is 0 Å². The van der Waals surface area contributed by atoms with Crippen LogP contribution in [-0.4, -0.2) is 6.54 Å². The van der Waals surface area contributed by atoms with E-state index < -0.39 is 0 Å². The Balaban J connectivity index is 2.60. The van der Waals surface area contributed by atoms with Crippen molar-refractivity contribution in [3.05, 3.63) is 35.0 Å². The first-order valence-electron chi connectivity index (χ1n) is 4.19. The fourth-order valence-corrected chi connectivity index (χ4v) is 1.65. The van der Waals surface area contributed by atoms with Crippen molar-refractivity contribution >= 4 is 22.6 Å². The molecule has 1 aromatic heterocycles. The molecular weight excluding hydrogens is 186 g/mol. The van der Waals surface area contributed by atoms with Crippen LogP contribution in [0.4, 0.5) is 0 Å². The van der Waals surface area contributed by atoms with E-state index in [1.807, 2.05) is 24.3 Å². The lowest BCUT2D eigenvalue weighted by molar-refractivity contribution is 0.550. The van der Waals surface area contributed by atoms with Crippen LogP contribution in [0.15, 0.2) is 28.7 Å². The summed E-state index contributed by atoms with van der Waals surface area (Å²) in [5.41, 5.74) is 6.26. The van der Waals surface area contributed by atoms with Crippen LogP contribution in [-0.2, 0) is 6.42 Å². The Labute approximate surface area is 81.3 Å². The first-order valence-corrected chi connectivity index (χ1v) is 4.56. The smallest absolute Gasteiger partial charge is 0.135 e. The van der Waals surface area contributed by atoms with E-state index in [9.17, 15) is 0 Å². The quantitative estimate of drug-likeness (QED) is 0.800. The summed E-state index contributed by atoms with van der Waals surface area (Å²) in [5.74, 6) is 0.783. The third-order valence-corrected chi connectivity index (χ3v) is 2.39. The van der Waals surface area contributed by atoms with Gasteiger partial charge in [-0.2, -0.15) is 0 Å². The second-order valence-corrected chi connectivity index (χ2v) is 3.25. The molecule has 0 unspecified atom stereocenters. The number of benzene rings is 1. The Morgan fingerprint density at radius 1 is 1.31 bits per heavy atom. The SMILES string of the molecule is NCCc1oc2ccccc2c1Cl. The first-order chi connectivity index (χ1) is 6.33. The molecule has 0 saturated carbocycles. The molecular formula is C10H10ClNO. The van der Waals surface area contributed by atoms with E-state index >= 15 is 0 Å². The summed E-state index contributed by atoms with van der Waals surface area (Å²) < 4.78 is 5.53. The van der Waals surface area contributed by atoms with Crippen molar-refractivity contribution in [3.8, 4) is 0 Å². The molecule has 0 radical (unpaired) electrons. The maximum absolute atomic E-state index is 6.09. The average Bonchev–Trinajstić information content (AvgIpc) is 2.46. The standard InChI is InChI=1S/C10H10ClNO/c11-10-7-3-1-2-4-8(7)13-9(10)5-6-12/h1-4H,5-6,12H2. The van der Waals surface area contributed by atoms with E-state index in [1.54, 1.807) is 0 Å². The number of furan rings is 1. The molecule has 0 aliphatic heterocycles. The number of rotatable bonds is 2. The molecule has 0 aliphatic rings. The molecule has 13 heavy (non-hydrogen) atoms. The van der Waals surface area contributed by atoms with Crippen LogP contribution in [0.25, 0.3) is 11.0 Å². The number of halogens is 1. The van der Waals surface area contributed by atoms with Gasteiger partial charge in [-0.1, -0.05) is 23.7 Å². The van der Waals surface area contributed by atoms with Gasteiger partial charge < -0.3 is 10.2 Å². The zero-order chi connectivity index (χ0) is 9.26. The van der Waals surface area contributed by atoms with Crippen molar-refractivity contribution < 1.29 is 4.42 Å². The number of para-hydroxylation sites is 1. The van der Waals surface area contributed by atoms with Crippen LogP contribution in [0.3, 0.4) is 0 Å². The molecule has 2 rings (SSSR count). The molecule has 0 spiro atoms. The monoisotopic (exact) mass is 195 g/mol. The van der Waals surface area contributed by atoms with Gasteiger partial charge >= 0.3 is 0 Å². The minimum atomic E-state index is 0.555. The maximum Gasteiger partial charge on any atom is 0.135 e. The fourth-order valence-electron chi connectivity index (χ4n) is 1.36. The molecule has 1 aromatic carbocycles. The molecule has 0 amide bonds. The summed E-state index contributed by atoms with van der Waals surface area (Å²) >= 11 is 6.09. The molecule has 1 heterocycles. The van der Waals surface area contributed by atoms with Crippen molar-refractivity contribution in [3.63, 3.8) is 0 Å². The van der Waals surface area contributed by atoms with Gasteiger partial charge in [0.15, 0.2) is 0 Å². The summed E-state index contributed by atoms with van der Waals surface area (Å²) in [4.78, 5) is 0. The molecule has 0 saturated heterocycles. The zero-order valence-electron chi connectivity index (χ0n) is 7.09. The summed E-state index contributed by atoms with van der Waals surface area (Å²) in [6.45, 7) is 0.555. The van der Waals surface area contributed by atoms with Gasteiger partial charge in [-0.15, -0.1) is 0 Å². The maximum atomic E-state index is 6.09. The van der Waals surface area contributed by atoms with Gasteiger partial charge in [0.2, 0.25) is 0 Å². The highest BCUT2D eigenvalue weighted by Gasteiger charge is 2.09. The summed E-state index contributed by atoms with van der Waals surface area (Å²) in [6.07, 6.45) is 0.688. The Bertz CT molecular complexity index is 422. The minimum Gasteiger partial charge on any atom is -0.459 e. The lowest BCUT2D eigenvalue weighted by atomic mass is 10.2. The summed E-state index contributed by atoms with van der Waals surface area (Å²) in [5, 5.41) is 1.66. The predicted octanol–water partition coefficient (Wildman–Crippen LogP) is 2.59. The Morgan fingerprint density at radius 3 is 2.77 bits per heavy atom. The van der Waals surface area contributed by atoms with E-state index in [2.05, 4.69) is 0 Å². The van der Waals surface area contributed by atoms with Crippen molar-refractivity contribution in [2.24, 2.45) is 5.73 Å². The minimum absolute atomic E-state index is 0.555. The second-order valence-electron chi connectivity index (χ2n) is 2.87. The molecule has 0 bridgehead atoms. The molecule has 3 heteroatoms. The van der Waals surface area contributed by atoms with Crippen LogP contribution in [0.5, 0.6) is 0 Å². The van der Waals surface area contributed by atoms with Crippen molar-refractivity contribution in [1.82, 2.24) is 0 Å². The predicted molar refractivity (Wildman–Crippen MR) is 54.0 cm³/mol. The van der Waals surface area contributed by atoms with Gasteiger partial charge in [0.05, 0.1) is 5.02 Å². The molecule has 2 aromatic rings. The number of hydrogen-bond acceptors (Lipinski definition) is 2. The molecule has 68 valence electrons. The van der Waals surface area contributed by atoms with Crippen molar-refractivity contribution in [2.45, 2.75) is 6.42 Å². The van der Waals surface area contributed by atoms with E-state index in [4.69, 9.17) is 21.8 Å². The Morgan fingerprint density at radius 2 is 2.08 bits per heavy atom. The molecule has 0 fully saturated rings. The highest BCUT2D eigenvalue weighted by atomic mass is 35.5. The van der Waals surface area contributed by atoms with E-state index in [0.717, 1.165) is 16.7 Å². The summed E-state index contributed by atoms with van der Waals surface area (Å²) in [7, 11) is 0. The Kier molecular flexibility index (Phi) is 2.25. The molecule has 2 nitrogen and oxygen atoms in total.